The fourth-order valence-electron chi connectivity index (χ4n) is 1.62. The van der Waals surface area contributed by atoms with E-state index in [1.54, 1.807) is 12.5 Å². The molecule has 13 heavy (non-hydrogen) atoms. The second kappa shape index (κ2) is 3.38. The van der Waals surface area contributed by atoms with E-state index >= 15 is 0 Å². The van der Waals surface area contributed by atoms with E-state index < -0.39 is 0 Å². The first kappa shape index (κ1) is 8.56. The zero-order valence-corrected chi connectivity index (χ0v) is 7.84. The van der Waals surface area contributed by atoms with Gasteiger partial charge >= 0.3 is 0 Å². The average molecular weight is 181 g/mol. The van der Waals surface area contributed by atoms with Crippen LogP contribution in [0.5, 0.6) is 5.88 Å². The highest BCUT2D eigenvalue weighted by Gasteiger charge is 2.28. The first-order valence-electron chi connectivity index (χ1n) is 4.67. The lowest BCUT2D eigenvalue weighted by Crippen LogP contribution is -2.43. The summed E-state index contributed by atoms with van der Waals surface area (Å²) in [6.07, 6.45) is 5.45. The Balaban J connectivity index is 1.99. The van der Waals surface area contributed by atoms with Crippen molar-refractivity contribution in [2.24, 2.45) is 0 Å². The van der Waals surface area contributed by atoms with Crippen LogP contribution in [0.25, 0.3) is 0 Å². The minimum absolute atomic E-state index is 0.0300. The minimum Gasteiger partial charge on any atom is -0.471 e. The van der Waals surface area contributed by atoms with Gasteiger partial charge < -0.3 is 15.0 Å². The molecule has 2 rings (SSSR count). The Morgan fingerprint density at radius 2 is 2.23 bits per heavy atom. The summed E-state index contributed by atoms with van der Waals surface area (Å²) in [6.45, 7) is 4.21. The molecule has 0 unspecified atom stereocenters. The molecule has 0 bridgehead atoms. The SMILES string of the molecule is CC1(Oc2cnc[nH]2)CCNCC1. The van der Waals surface area contributed by atoms with Gasteiger partial charge in [0.15, 0.2) is 0 Å². The molecule has 72 valence electrons. The molecule has 0 spiro atoms. The molecule has 1 saturated heterocycles. The summed E-state index contributed by atoms with van der Waals surface area (Å²) < 4.78 is 5.82. The average Bonchev–Trinajstić information content (AvgIpc) is 2.57. The van der Waals surface area contributed by atoms with Crippen LogP contribution >= 0.6 is 0 Å². The largest absolute Gasteiger partial charge is 0.471 e. The number of H-pyrrole nitrogens is 1. The summed E-state index contributed by atoms with van der Waals surface area (Å²) in [7, 11) is 0. The van der Waals surface area contributed by atoms with Gasteiger partial charge in [0.05, 0.1) is 12.5 Å². The Kier molecular flexibility index (Phi) is 2.22. The van der Waals surface area contributed by atoms with E-state index in [0.29, 0.717) is 0 Å². The van der Waals surface area contributed by atoms with Crippen molar-refractivity contribution in [2.75, 3.05) is 13.1 Å². The number of nitrogens with zero attached hydrogens (tertiary/aromatic N) is 1. The highest BCUT2D eigenvalue weighted by molar-refractivity contribution is 5.04. The highest BCUT2D eigenvalue weighted by Crippen LogP contribution is 2.23. The number of aromatic amines is 1. The number of imidazole rings is 1. The van der Waals surface area contributed by atoms with Crippen molar-refractivity contribution in [3.8, 4) is 5.88 Å². The van der Waals surface area contributed by atoms with Gasteiger partial charge in [-0.15, -0.1) is 0 Å². The van der Waals surface area contributed by atoms with Crippen LogP contribution < -0.4 is 10.1 Å². The monoisotopic (exact) mass is 181 g/mol. The number of hydrogen-bond acceptors (Lipinski definition) is 3. The Morgan fingerprint density at radius 1 is 1.46 bits per heavy atom. The molecular weight excluding hydrogens is 166 g/mol. The third-order valence-corrected chi connectivity index (χ3v) is 2.49. The fraction of sp³-hybridized carbons (Fsp3) is 0.667. The molecule has 2 N–H and O–H groups in total. The van der Waals surface area contributed by atoms with Crippen molar-refractivity contribution in [1.82, 2.24) is 15.3 Å². The maximum atomic E-state index is 5.82. The molecule has 1 aliphatic rings. The summed E-state index contributed by atoms with van der Waals surface area (Å²) in [4.78, 5) is 6.88. The van der Waals surface area contributed by atoms with Gasteiger partial charge in [-0.2, -0.15) is 0 Å². The molecule has 1 aromatic rings. The van der Waals surface area contributed by atoms with E-state index in [9.17, 15) is 0 Å². The number of rotatable bonds is 2. The van der Waals surface area contributed by atoms with Gasteiger partial charge in [0.25, 0.3) is 0 Å². The number of nitrogens with one attached hydrogen (secondary N) is 2. The molecular formula is C9H15N3O. The van der Waals surface area contributed by atoms with E-state index in [0.717, 1.165) is 31.8 Å². The van der Waals surface area contributed by atoms with Crippen molar-refractivity contribution in [2.45, 2.75) is 25.4 Å². The standard InChI is InChI=1S/C9H15N3O/c1-9(2-4-10-5-3-9)13-8-6-11-7-12-8/h6-7,10H,2-5H2,1H3,(H,11,12). The van der Waals surface area contributed by atoms with Gasteiger partial charge in [-0.05, 0) is 32.9 Å². The molecule has 4 heteroatoms. The van der Waals surface area contributed by atoms with Gasteiger partial charge in [0.1, 0.15) is 5.60 Å². The second-order valence-corrected chi connectivity index (χ2v) is 3.72. The maximum Gasteiger partial charge on any atom is 0.211 e. The summed E-state index contributed by atoms with van der Waals surface area (Å²) in [5.41, 5.74) is -0.0300. The van der Waals surface area contributed by atoms with Crippen LogP contribution in [0.1, 0.15) is 19.8 Å². The van der Waals surface area contributed by atoms with Gasteiger partial charge in [-0.3, -0.25) is 0 Å². The maximum absolute atomic E-state index is 5.82. The lowest BCUT2D eigenvalue weighted by atomic mass is 9.95. The lowest BCUT2D eigenvalue weighted by Gasteiger charge is -2.33. The van der Waals surface area contributed by atoms with Crippen LogP contribution in [0.15, 0.2) is 12.5 Å². The number of aromatic nitrogens is 2. The van der Waals surface area contributed by atoms with E-state index in [1.165, 1.54) is 0 Å². The first-order valence-corrected chi connectivity index (χ1v) is 4.67. The Hall–Kier alpha value is -1.03. The fourth-order valence-corrected chi connectivity index (χ4v) is 1.62. The van der Waals surface area contributed by atoms with Crippen molar-refractivity contribution in [3.63, 3.8) is 0 Å². The predicted molar refractivity (Wildman–Crippen MR) is 49.7 cm³/mol. The molecule has 2 heterocycles. The second-order valence-electron chi connectivity index (χ2n) is 3.72. The van der Waals surface area contributed by atoms with E-state index in [2.05, 4.69) is 22.2 Å². The first-order chi connectivity index (χ1) is 6.29. The number of ether oxygens (including phenoxy) is 1. The summed E-state index contributed by atoms with van der Waals surface area (Å²) in [6, 6.07) is 0. The van der Waals surface area contributed by atoms with E-state index in [-0.39, 0.29) is 5.60 Å². The van der Waals surface area contributed by atoms with E-state index in [4.69, 9.17) is 4.74 Å². The Labute approximate surface area is 77.7 Å². The molecule has 1 fully saturated rings. The third kappa shape index (κ3) is 2.01. The van der Waals surface area contributed by atoms with Gasteiger partial charge in [0, 0.05) is 0 Å². The Morgan fingerprint density at radius 3 is 2.85 bits per heavy atom. The zero-order chi connectivity index (χ0) is 9.15. The molecule has 0 aliphatic carbocycles. The smallest absolute Gasteiger partial charge is 0.211 e. The van der Waals surface area contributed by atoms with Crippen molar-refractivity contribution >= 4 is 0 Å². The summed E-state index contributed by atoms with van der Waals surface area (Å²) in [5.74, 6) is 0.768. The molecule has 1 aliphatic heterocycles. The van der Waals surface area contributed by atoms with Crippen LogP contribution in [-0.4, -0.2) is 28.7 Å². The van der Waals surface area contributed by atoms with Crippen molar-refractivity contribution in [1.29, 1.82) is 0 Å². The molecule has 1 aromatic heterocycles. The molecule has 0 radical (unpaired) electrons. The third-order valence-electron chi connectivity index (χ3n) is 2.49. The molecule has 0 aromatic carbocycles. The van der Waals surface area contributed by atoms with Crippen LogP contribution in [0.3, 0.4) is 0 Å². The summed E-state index contributed by atoms with van der Waals surface area (Å²) >= 11 is 0. The summed E-state index contributed by atoms with van der Waals surface area (Å²) in [5, 5.41) is 3.31. The topological polar surface area (TPSA) is 49.9 Å². The normalized spacial score (nSPS) is 21.3. The Bertz CT molecular complexity index is 252. The molecule has 0 amide bonds. The molecule has 4 nitrogen and oxygen atoms in total. The lowest BCUT2D eigenvalue weighted by molar-refractivity contribution is 0.0513. The van der Waals surface area contributed by atoms with E-state index in [1.807, 2.05) is 0 Å². The minimum atomic E-state index is -0.0300. The molecule has 0 atom stereocenters. The van der Waals surface area contributed by atoms with Crippen LogP contribution in [-0.2, 0) is 0 Å². The van der Waals surface area contributed by atoms with Gasteiger partial charge in [0.2, 0.25) is 5.88 Å². The highest BCUT2D eigenvalue weighted by atomic mass is 16.5. The quantitative estimate of drug-likeness (QED) is 0.713. The van der Waals surface area contributed by atoms with Crippen LogP contribution in [0.4, 0.5) is 0 Å². The predicted octanol–water partition coefficient (Wildman–Crippen LogP) is 0.931. The number of piperidine rings is 1. The zero-order valence-electron chi connectivity index (χ0n) is 7.84. The van der Waals surface area contributed by atoms with Gasteiger partial charge in [-0.1, -0.05) is 0 Å². The van der Waals surface area contributed by atoms with Crippen molar-refractivity contribution in [3.05, 3.63) is 12.5 Å². The van der Waals surface area contributed by atoms with Crippen LogP contribution in [0.2, 0.25) is 0 Å². The van der Waals surface area contributed by atoms with Crippen LogP contribution in [0, 0.1) is 0 Å². The van der Waals surface area contributed by atoms with Crippen molar-refractivity contribution < 1.29 is 4.74 Å². The number of hydrogen-bond donors (Lipinski definition) is 2. The molecule has 0 saturated carbocycles. The van der Waals surface area contributed by atoms with Gasteiger partial charge in [-0.25, -0.2) is 4.98 Å².